The molecule has 152 valence electrons. The highest BCUT2D eigenvalue weighted by molar-refractivity contribution is 5.54. The summed E-state index contributed by atoms with van der Waals surface area (Å²) >= 11 is 0. The first-order chi connectivity index (χ1) is 14.0. The lowest BCUT2D eigenvalue weighted by Gasteiger charge is -2.32. The smallest absolute Gasteiger partial charge is 0.229 e. The van der Waals surface area contributed by atoms with Crippen LogP contribution in [0.4, 0.5) is 8.78 Å². The quantitative estimate of drug-likeness (QED) is 0.586. The van der Waals surface area contributed by atoms with Crippen molar-refractivity contribution in [2.45, 2.75) is 39.3 Å². The Morgan fingerprint density at radius 2 is 1.86 bits per heavy atom. The topological polar surface area (TPSA) is 38.5 Å². The van der Waals surface area contributed by atoms with Gasteiger partial charge in [-0.3, -0.25) is 4.90 Å². The van der Waals surface area contributed by atoms with Crippen LogP contribution in [0.1, 0.15) is 29.9 Å². The van der Waals surface area contributed by atoms with E-state index < -0.39 is 11.6 Å². The molecule has 0 atom stereocenters. The van der Waals surface area contributed by atoms with Crippen LogP contribution in [0, 0.1) is 25.5 Å². The lowest BCUT2D eigenvalue weighted by Crippen LogP contribution is -2.38. The highest BCUT2D eigenvalue weighted by atomic mass is 19.1. The SMILES string of the molecule is Cc1ccccc1OC1CCN(Cc2nc(-c3ccc(F)cc3F)oc2C)CC1. The summed E-state index contributed by atoms with van der Waals surface area (Å²) in [5, 5.41) is 0. The van der Waals surface area contributed by atoms with E-state index in [4.69, 9.17) is 9.15 Å². The molecule has 1 aromatic heterocycles. The molecule has 3 aromatic rings. The summed E-state index contributed by atoms with van der Waals surface area (Å²) in [7, 11) is 0. The van der Waals surface area contributed by atoms with E-state index in [9.17, 15) is 8.78 Å². The van der Waals surface area contributed by atoms with Crippen LogP contribution in [0.5, 0.6) is 5.75 Å². The fourth-order valence-electron chi connectivity index (χ4n) is 3.62. The van der Waals surface area contributed by atoms with Crippen molar-refractivity contribution >= 4 is 0 Å². The number of para-hydroxylation sites is 1. The summed E-state index contributed by atoms with van der Waals surface area (Å²) in [4.78, 5) is 6.76. The molecule has 1 aliphatic rings. The lowest BCUT2D eigenvalue weighted by molar-refractivity contribution is 0.0954. The number of ether oxygens (including phenoxy) is 1. The third-order valence-corrected chi connectivity index (χ3v) is 5.35. The largest absolute Gasteiger partial charge is 0.490 e. The Morgan fingerprint density at radius 3 is 2.59 bits per heavy atom. The standard InChI is InChI=1S/C23H24F2N2O2/c1-15-5-3-4-6-22(15)29-18-9-11-27(12-10-18)14-21-16(2)28-23(26-21)19-8-7-17(24)13-20(19)25/h3-8,13,18H,9-12,14H2,1-2H3. The average molecular weight is 398 g/mol. The first kappa shape index (κ1) is 19.6. The monoisotopic (exact) mass is 398 g/mol. The number of likely N-dealkylation sites (tertiary alicyclic amines) is 1. The molecule has 0 saturated carbocycles. The van der Waals surface area contributed by atoms with E-state index in [1.54, 1.807) is 0 Å². The molecule has 0 bridgehead atoms. The van der Waals surface area contributed by atoms with Crippen molar-refractivity contribution < 1.29 is 17.9 Å². The van der Waals surface area contributed by atoms with Crippen molar-refractivity contribution in [2.75, 3.05) is 13.1 Å². The van der Waals surface area contributed by atoms with E-state index in [1.807, 2.05) is 25.1 Å². The molecule has 1 fully saturated rings. The predicted molar refractivity (Wildman–Crippen MR) is 107 cm³/mol. The molecule has 6 heteroatoms. The van der Waals surface area contributed by atoms with Gasteiger partial charge in [-0.15, -0.1) is 0 Å². The number of halogens is 2. The number of nitrogens with zero attached hydrogens (tertiary/aromatic N) is 2. The zero-order valence-corrected chi connectivity index (χ0v) is 16.6. The van der Waals surface area contributed by atoms with E-state index in [-0.39, 0.29) is 17.6 Å². The maximum Gasteiger partial charge on any atom is 0.229 e. The summed E-state index contributed by atoms with van der Waals surface area (Å²) in [6, 6.07) is 11.5. The number of piperidine rings is 1. The fraction of sp³-hybridized carbons (Fsp3) is 0.348. The molecule has 0 amide bonds. The highest BCUT2D eigenvalue weighted by Crippen LogP contribution is 2.27. The Labute approximate surface area is 169 Å². The lowest BCUT2D eigenvalue weighted by atomic mass is 10.1. The Hall–Kier alpha value is -2.73. The van der Waals surface area contributed by atoms with Crippen LogP contribution in [-0.4, -0.2) is 29.1 Å². The summed E-state index contributed by atoms with van der Waals surface area (Å²) in [5.74, 6) is 0.497. The molecular formula is C23H24F2N2O2. The molecule has 0 N–H and O–H groups in total. The van der Waals surface area contributed by atoms with Gasteiger partial charge in [0.15, 0.2) is 0 Å². The first-order valence-electron chi connectivity index (χ1n) is 9.86. The molecule has 0 unspecified atom stereocenters. The van der Waals surface area contributed by atoms with Crippen LogP contribution in [0.3, 0.4) is 0 Å². The number of hydrogen-bond donors (Lipinski definition) is 0. The van der Waals surface area contributed by atoms with Gasteiger partial charge in [0.05, 0.1) is 11.3 Å². The number of aryl methyl sites for hydroxylation is 2. The zero-order chi connectivity index (χ0) is 20.4. The summed E-state index contributed by atoms with van der Waals surface area (Å²) in [6.45, 7) is 6.29. The van der Waals surface area contributed by atoms with Gasteiger partial charge in [-0.2, -0.15) is 0 Å². The Balaban J connectivity index is 1.37. The fourth-order valence-corrected chi connectivity index (χ4v) is 3.62. The van der Waals surface area contributed by atoms with Crippen molar-refractivity contribution in [1.29, 1.82) is 0 Å². The number of benzene rings is 2. The first-order valence-corrected chi connectivity index (χ1v) is 9.86. The Kier molecular flexibility index (Phi) is 5.62. The molecule has 1 aliphatic heterocycles. The van der Waals surface area contributed by atoms with E-state index in [0.717, 1.165) is 49.0 Å². The van der Waals surface area contributed by atoms with E-state index in [2.05, 4.69) is 22.9 Å². The Bertz CT molecular complexity index is 994. The van der Waals surface area contributed by atoms with Gasteiger partial charge >= 0.3 is 0 Å². The summed E-state index contributed by atoms with van der Waals surface area (Å²) in [6.07, 6.45) is 2.07. The average Bonchev–Trinajstić information content (AvgIpc) is 3.05. The van der Waals surface area contributed by atoms with Gasteiger partial charge in [0, 0.05) is 25.7 Å². The van der Waals surface area contributed by atoms with Crippen LogP contribution in [-0.2, 0) is 6.54 Å². The van der Waals surface area contributed by atoms with Gasteiger partial charge < -0.3 is 9.15 Å². The van der Waals surface area contributed by atoms with E-state index in [0.29, 0.717) is 12.3 Å². The number of oxazole rings is 1. The molecule has 2 aromatic carbocycles. The van der Waals surface area contributed by atoms with Gasteiger partial charge in [0.1, 0.15) is 29.2 Å². The molecular weight excluding hydrogens is 374 g/mol. The van der Waals surface area contributed by atoms with Gasteiger partial charge in [-0.05, 0) is 50.5 Å². The molecule has 4 nitrogen and oxygen atoms in total. The second-order valence-corrected chi connectivity index (χ2v) is 7.50. The molecule has 4 rings (SSSR count). The molecule has 0 radical (unpaired) electrons. The molecule has 0 spiro atoms. The minimum absolute atomic E-state index is 0.172. The van der Waals surface area contributed by atoms with Crippen molar-refractivity contribution in [3.05, 3.63) is 71.1 Å². The highest BCUT2D eigenvalue weighted by Gasteiger charge is 2.23. The van der Waals surface area contributed by atoms with Crippen LogP contribution < -0.4 is 4.74 Å². The van der Waals surface area contributed by atoms with Gasteiger partial charge in [-0.1, -0.05) is 18.2 Å². The minimum Gasteiger partial charge on any atom is -0.490 e. The maximum absolute atomic E-state index is 14.0. The van der Waals surface area contributed by atoms with Crippen LogP contribution >= 0.6 is 0 Å². The van der Waals surface area contributed by atoms with Crippen molar-refractivity contribution in [3.63, 3.8) is 0 Å². The normalized spacial score (nSPS) is 15.6. The second kappa shape index (κ2) is 8.33. The van der Waals surface area contributed by atoms with Crippen LogP contribution in [0.15, 0.2) is 46.9 Å². The molecule has 0 aliphatic carbocycles. The molecule has 1 saturated heterocycles. The predicted octanol–water partition coefficient (Wildman–Crippen LogP) is 5.28. The van der Waals surface area contributed by atoms with E-state index in [1.165, 1.54) is 12.1 Å². The number of hydrogen-bond acceptors (Lipinski definition) is 4. The van der Waals surface area contributed by atoms with Gasteiger partial charge in [0.2, 0.25) is 5.89 Å². The summed E-state index contributed by atoms with van der Waals surface area (Å²) in [5.41, 5.74) is 2.10. The van der Waals surface area contributed by atoms with Crippen molar-refractivity contribution in [1.82, 2.24) is 9.88 Å². The minimum atomic E-state index is -0.674. The van der Waals surface area contributed by atoms with Crippen LogP contribution in [0.2, 0.25) is 0 Å². The zero-order valence-electron chi connectivity index (χ0n) is 16.6. The maximum atomic E-state index is 14.0. The van der Waals surface area contributed by atoms with Crippen molar-refractivity contribution in [2.24, 2.45) is 0 Å². The van der Waals surface area contributed by atoms with E-state index >= 15 is 0 Å². The number of rotatable bonds is 5. The van der Waals surface area contributed by atoms with Gasteiger partial charge in [0.25, 0.3) is 0 Å². The van der Waals surface area contributed by atoms with Crippen LogP contribution in [0.25, 0.3) is 11.5 Å². The summed E-state index contributed by atoms with van der Waals surface area (Å²) < 4.78 is 39.0. The van der Waals surface area contributed by atoms with Gasteiger partial charge in [-0.25, -0.2) is 13.8 Å². The third-order valence-electron chi connectivity index (χ3n) is 5.35. The molecule has 29 heavy (non-hydrogen) atoms. The van der Waals surface area contributed by atoms with Crippen molar-refractivity contribution in [3.8, 4) is 17.2 Å². The molecule has 2 heterocycles. The Morgan fingerprint density at radius 1 is 1.10 bits per heavy atom. The third kappa shape index (κ3) is 4.48. The second-order valence-electron chi connectivity index (χ2n) is 7.50. The number of aromatic nitrogens is 1.